The van der Waals surface area contributed by atoms with Crippen molar-refractivity contribution in [3.8, 4) is 0 Å². The van der Waals surface area contributed by atoms with E-state index in [4.69, 9.17) is 0 Å². The average molecular weight is 223 g/mol. The van der Waals surface area contributed by atoms with Crippen molar-refractivity contribution in [1.29, 1.82) is 0 Å². The minimum absolute atomic E-state index is 0.0704. The summed E-state index contributed by atoms with van der Waals surface area (Å²) in [6.45, 7) is 9.51. The Morgan fingerprint density at radius 3 is 2.80 bits per heavy atom. The number of rotatable bonds is 4. The van der Waals surface area contributed by atoms with Gasteiger partial charge in [-0.05, 0) is 25.5 Å². The van der Waals surface area contributed by atoms with Crippen LogP contribution in [0.2, 0.25) is 0 Å². The third-order valence-electron chi connectivity index (χ3n) is 2.35. The Labute approximate surface area is 95.0 Å². The molecule has 1 aromatic rings. The molecule has 0 saturated carbocycles. The summed E-state index contributed by atoms with van der Waals surface area (Å²) >= 11 is 1.61. The highest BCUT2D eigenvalue weighted by Crippen LogP contribution is 2.17. The van der Waals surface area contributed by atoms with E-state index in [0.717, 1.165) is 16.3 Å². The first-order valence-electron chi connectivity index (χ1n) is 4.95. The summed E-state index contributed by atoms with van der Waals surface area (Å²) in [6, 6.07) is 0. The summed E-state index contributed by atoms with van der Waals surface area (Å²) in [5, 5.41) is 12.9. The molecule has 15 heavy (non-hydrogen) atoms. The molecule has 2 nitrogen and oxygen atoms in total. The van der Waals surface area contributed by atoms with Gasteiger partial charge in [-0.1, -0.05) is 13.0 Å². The number of aryl methyl sites for hydroxylation is 1. The van der Waals surface area contributed by atoms with Gasteiger partial charge in [-0.15, -0.1) is 17.9 Å². The Bertz CT molecular complexity index is 367. The van der Waals surface area contributed by atoms with Crippen molar-refractivity contribution in [3.05, 3.63) is 34.3 Å². The van der Waals surface area contributed by atoms with E-state index in [1.54, 1.807) is 17.4 Å². The van der Waals surface area contributed by atoms with Gasteiger partial charge in [0.05, 0.1) is 16.8 Å². The fraction of sp³-hybridized carbons (Fsp3) is 0.417. The largest absolute Gasteiger partial charge is 0.388 e. The predicted octanol–water partition coefficient (Wildman–Crippen LogP) is 3.04. The highest BCUT2D eigenvalue weighted by atomic mass is 32.1. The van der Waals surface area contributed by atoms with E-state index in [9.17, 15) is 5.11 Å². The standard InChI is InChI=1S/C12H17NOS/c1-5-8(2)12(14)9(3)6-11-7-15-10(4)13-11/h5-8,12,14H,1H2,2-4H3. The Morgan fingerprint density at radius 1 is 1.67 bits per heavy atom. The smallest absolute Gasteiger partial charge is 0.0901 e. The molecule has 0 fully saturated rings. The monoisotopic (exact) mass is 223 g/mol. The third kappa shape index (κ3) is 3.29. The highest BCUT2D eigenvalue weighted by Gasteiger charge is 2.12. The van der Waals surface area contributed by atoms with Gasteiger partial charge in [0.25, 0.3) is 0 Å². The zero-order chi connectivity index (χ0) is 11.4. The fourth-order valence-electron chi connectivity index (χ4n) is 1.31. The molecule has 3 heteroatoms. The maximum Gasteiger partial charge on any atom is 0.0901 e. The molecule has 0 aliphatic rings. The van der Waals surface area contributed by atoms with Crippen LogP contribution in [0.3, 0.4) is 0 Å². The van der Waals surface area contributed by atoms with Gasteiger partial charge in [-0.3, -0.25) is 0 Å². The summed E-state index contributed by atoms with van der Waals surface area (Å²) in [5.74, 6) is 0.0704. The fourth-order valence-corrected chi connectivity index (χ4v) is 1.88. The quantitative estimate of drug-likeness (QED) is 0.796. The van der Waals surface area contributed by atoms with Gasteiger partial charge >= 0.3 is 0 Å². The van der Waals surface area contributed by atoms with Crippen LogP contribution in [-0.4, -0.2) is 16.2 Å². The van der Waals surface area contributed by atoms with Crippen molar-refractivity contribution >= 4 is 17.4 Å². The molecule has 0 aromatic carbocycles. The highest BCUT2D eigenvalue weighted by molar-refractivity contribution is 7.09. The van der Waals surface area contributed by atoms with E-state index >= 15 is 0 Å². The van der Waals surface area contributed by atoms with Crippen LogP contribution in [0.1, 0.15) is 24.5 Å². The number of nitrogens with zero attached hydrogens (tertiary/aromatic N) is 1. The molecule has 0 saturated heterocycles. The molecule has 0 aliphatic heterocycles. The van der Waals surface area contributed by atoms with Crippen molar-refractivity contribution in [2.24, 2.45) is 5.92 Å². The molecular formula is C12H17NOS. The molecule has 0 amide bonds. The summed E-state index contributed by atoms with van der Waals surface area (Å²) in [7, 11) is 0. The molecule has 1 N–H and O–H groups in total. The molecule has 0 spiro atoms. The second kappa shape index (κ2) is 5.24. The molecule has 1 rings (SSSR count). The second-order valence-corrected chi connectivity index (χ2v) is 4.78. The van der Waals surface area contributed by atoms with E-state index < -0.39 is 6.10 Å². The Balaban J connectivity index is 2.79. The van der Waals surface area contributed by atoms with Crippen molar-refractivity contribution in [2.75, 3.05) is 0 Å². The van der Waals surface area contributed by atoms with Crippen molar-refractivity contribution in [1.82, 2.24) is 4.98 Å². The van der Waals surface area contributed by atoms with Gasteiger partial charge in [0.1, 0.15) is 0 Å². The number of hydrogen-bond acceptors (Lipinski definition) is 3. The predicted molar refractivity (Wildman–Crippen MR) is 65.9 cm³/mol. The van der Waals surface area contributed by atoms with E-state index in [1.165, 1.54) is 0 Å². The maximum atomic E-state index is 9.89. The third-order valence-corrected chi connectivity index (χ3v) is 3.14. The van der Waals surface area contributed by atoms with Gasteiger partial charge in [-0.2, -0.15) is 0 Å². The van der Waals surface area contributed by atoms with E-state index in [-0.39, 0.29) is 5.92 Å². The van der Waals surface area contributed by atoms with Crippen LogP contribution in [0.4, 0.5) is 0 Å². The Morgan fingerprint density at radius 2 is 2.33 bits per heavy atom. The van der Waals surface area contributed by atoms with Crippen LogP contribution >= 0.6 is 11.3 Å². The van der Waals surface area contributed by atoms with Crippen molar-refractivity contribution in [2.45, 2.75) is 26.9 Å². The Kier molecular flexibility index (Phi) is 4.24. The van der Waals surface area contributed by atoms with Crippen LogP contribution in [0.15, 0.2) is 23.6 Å². The van der Waals surface area contributed by atoms with Crippen LogP contribution in [0.5, 0.6) is 0 Å². The number of thiazole rings is 1. The maximum absolute atomic E-state index is 9.89. The summed E-state index contributed by atoms with van der Waals surface area (Å²) in [4.78, 5) is 4.32. The molecule has 2 unspecified atom stereocenters. The van der Waals surface area contributed by atoms with Crippen LogP contribution in [-0.2, 0) is 0 Å². The van der Waals surface area contributed by atoms with Crippen LogP contribution < -0.4 is 0 Å². The molecule has 0 radical (unpaired) electrons. The van der Waals surface area contributed by atoms with E-state index in [2.05, 4.69) is 11.6 Å². The second-order valence-electron chi connectivity index (χ2n) is 3.72. The van der Waals surface area contributed by atoms with Crippen LogP contribution in [0, 0.1) is 12.8 Å². The lowest BCUT2D eigenvalue weighted by atomic mass is 9.98. The number of aromatic nitrogens is 1. The summed E-state index contributed by atoms with van der Waals surface area (Å²) in [6.07, 6.45) is 3.21. The molecule has 1 aromatic heterocycles. The lowest BCUT2D eigenvalue weighted by Gasteiger charge is -2.15. The van der Waals surface area contributed by atoms with Gasteiger partial charge < -0.3 is 5.11 Å². The van der Waals surface area contributed by atoms with Crippen LogP contribution in [0.25, 0.3) is 6.08 Å². The normalized spacial score (nSPS) is 16.1. The van der Waals surface area contributed by atoms with Gasteiger partial charge in [0.15, 0.2) is 0 Å². The minimum atomic E-state index is -0.468. The van der Waals surface area contributed by atoms with Gasteiger partial charge in [0.2, 0.25) is 0 Å². The SMILES string of the molecule is C=CC(C)C(O)C(C)=Cc1csc(C)n1. The van der Waals surface area contributed by atoms with Gasteiger partial charge in [-0.25, -0.2) is 4.98 Å². The van der Waals surface area contributed by atoms with E-state index in [0.29, 0.717) is 0 Å². The summed E-state index contributed by atoms with van der Waals surface area (Å²) < 4.78 is 0. The van der Waals surface area contributed by atoms with Gasteiger partial charge in [0, 0.05) is 11.3 Å². The zero-order valence-corrected chi connectivity index (χ0v) is 10.2. The first-order valence-corrected chi connectivity index (χ1v) is 5.83. The lowest BCUT2D eigenvalue weighted by molar-refractivity contribution is 0.174. The first kappa shape index (κ1) is 12.1. The first-order chi connectivity index (χ1) is 7.04. The molecular weight excluding hydrogens is 206 g/mol. The average Bonchev–Trinajstić information content (AvgIpc) is 2.61. The molecule has 82 valence electrons. The Hall–Kier alpha value is -0.930. The van der Waals surface area contributed by atoms with Crippen molar-refractivity contribution in [3.63, 3.8) is 0 Å². The molecule has 1 heterocycles. The van der Waals surface area contributed by atoms with E-state index in [1.807, 2.05) is 32.2 Å². The molecule has 0 aliphatic carbocycles. The minimum Gasteiger partial charge on any atom is -0.388 e. The molecule has 2 atom stereocenters. The number of aliphatic hydroxyl groups excluding tert-OH is 1. The summed E-state index contributed by atoms with van der Waals surface area (Å²) in [5.41, 5.74) is 1.85. The number of hydrogen-bond donors (Lipinski definition) is 1. The number of aliphatic hydroxyl groups is 1. The zero-order valence-electron chi connectivity index (χ0n) is 9.40. The topological polar surface area (TPSA) is 33.1 Å². The van der Waals surface area contributed by atoms with Crippen molar-refractivity contribution < 1.29 is 5.11 Å². The lowest BCUT2D eigenvalue weighted by Crippen LogP contribution is -2.16. The molecule has 0 bridgehead atoms.